The minimum Gasteiger partial charge on any atom is -0.356 e. The first-order valence-electron chi connectivity index (χ1n) is 7.77. The van der Waals surface area contributed by atoms with Crippen LogP contribution in [0.3, 0.4) is 0 Å². The Morgan fingerprint density at radius 2 is 1.96 bits per heavy atom. The fourth-order valence-corrected chi connectivity index (χ4v) is 2.77. The highest BCUT2D eigenvalue weighted by atomic mass is 127. The number of aliphatic imine (C=N–C) groups is 1. The van der Waals surface area contributed by atoms with Gasteiger partial charge in [-0.2, -0.15) is 0 Å². The quantitative estimate of drug-likeness (QED) is 0.418. The lowest BCUT2D eigenvalue weighted by molar-refractivity contribution is 0.462. The first-order chi connectivity index (χ1) is 11.0. The lowest BCUT2D eigenvalue weighted by Crippen LogP contribution is -2.39. The van der Waals surface area contributed by atoms with Crippen LogP contribution in [0.15, 0.2) is 41.5 Å². The van der Waals surface area contributed by atoms with Crippen molar-refractivity contribution < 1.29 is 0 Å². The molecule has 0 bridgehead atoms. The Kier molecular flexibility index (Phi) is 8.62. The summed E-state index contributed by atoms with van der Waals surface area (Å²) in [5.41, 5.74) is 3.77. The Morgan fingerprint density at radius 1 is 1.29 bits per heavy atom. The van der Waals surface area contributed by atoms with Gasteiger partial charge in [0.05, 0.1) is 11.6 Å². The van der Waals surface area contributed by atoms with Gasteiger partial charge >= 0.3 is 0 Å². The highest BCUT2D eigenvalue weighted by Crippen LogP contribution is 2.14. The van der Waals surface area contributed by atoms with Crippen molar-refractivity contribution in [1.82, 2.24) is 14.8 Å². The molecule has 1 heterocycles. The lowest BCUT2D eigenvalue weighted by atomic mass is 10.1. The van der Waals surface area contributed by atoms with Crippen molar-refractivity contribution in [2.75, 3.05) is 20.6 Å². The SMILES string of the molecule is CN=C(NCCc1ccc(C)cc1)N(C)Cc1cc(Cl)cn1C.I. The van der Waals surface area contributed by atoms with Crippen molar-refractivity contribution in [3.63, 3.8) is 0 Å². The fraction of sp³-hybridized carbons (Fsp3) is 0.389. The van der Waals surface area contributed by atoms with Gasteiger partial charge in [0.15, 0.2) is 5.96 Å². The second-order valence-corrected chi connectivity index (χ2v) is 6.26. The minimum atomic E-state index is 0. The summed E-state index contributed by atoms with van der Waals surface area (Å²) in [5, 5.41) is 4.17. The van der Waals surface area contributed by atoms with E-state index >= 15 is 0 Å². The van der Waals surface area contributed by atoms with Gasteiger partial charge in [-0.1, -0.05) is 41.4 Å². The number of nitrogens with one attached hydrogen (secondary N) is 1. The van der Waals surface area contributed by atoms with E-state index in [0.717, 1.165) is 36.2 Å². The standard InChI is InChI=1S/C18H25ClN4.HI/c1-14-5-7-15(8-6-14)9-10-21-18(20-2)23(4)13-17-11-16(19)12-22(17)3;/h5-8,11-12H,9-10,13H2,1-4H3,(H,20,21);1H. The van der Waals surface area contributed by atoms with Gasteiger partial charge in [-0.25, -0.2) is 0 Å². The average Bonchev–Trinajstić information content (AvgIpc) is 2.83. The Bertz CT molecular complexity index is 664. The third-order valence-corrected chi connectivity index (χ3v) is 4.07. The van der Waals surface area contributed by atoms with Crippen LogP contribution in [0.4, 0.5) is 0 Å². The molecule has 6 heteroatoms. The van der Waals surface area contributed by atoms with Crippen LogP contribution >= 0.6 is 35.6 Å². The molecule has 0 radical (unpaired) electrons. The molecule has 1 aromatic carbocycles. The molecule has 0 saturated heterocycles. The number of benzene rings is 1. The van der Waals surface area contributed by atoms with E-state index in [2.05, 4.69) is 46.4 Å². The van der Waals surface area contributed by atoms with E-state index in [9.17, 15) is 0 Å². The third-order valence-electron chi connectivity index (χ3n) is 3.86. The monoisotopic (exact) mass is 460 g/mol. The average molecular weight is 461 g/mol. The van der Waals surface area contributed by atoms with E-state index in [4.69, 9.17) is 11.6 Å². The molecule has 0 aliphatic heterocycles. The van der Waals surface area contributed by atoms with Crippen LogP contribution in [0, 0.1) is 6.92 Å². The number of guanidine groups is 1. The lowest BCUT2D eigenvalue weighted by Gasteiger charge is -2.22. The Morgan fingerprint density at radius 3 is 2.50 bits per heavy atom. The van der Waals surface area contributed by atoms with E-state index in [0.29, 0.717) is 0 Å². The predicted molar refractivity (Wildman–Crippen MR) is 114 cm³/mol. The highest BCUT2D eigenvalue weighted by molar-refractivity contribution is 14.0. The van der Waals surface area contributed by atoms with Crippen molar-refractivity contribution >= 4 is 41.5 Å². The molecule has 0 spiro atoms. The molecule has 0 unspecified atom stereocenters. The van der Waals surface area contributed by atoms with Crippen LogP contribution in [0.25, 0.3) is 0 Å². The van der Waals surface area contributed by atoms with Crippen LogP contribution in [-0.4, -0.2) is 36.1 Å². The van der Waals surface area contributed by atoms with Crippen molar-refractivity contribution in [2.24, 2.45) is 12.0 Å². The normalized spacial score (nSPS) is 11.1. The topological polar surface area (TPSA) is 32.6 Å². The van der Waals surface area contributed by atoms with Gasteiger partial charge in [-0.05, 0) is 25.0 Å². The molecule has 0 saturated carbocycles. The second kappa shape index (κ2) is 9.93. The Labute approximate surface area is 166 Å². The van der Waals surface area contributed by atoms with E-state index in [1.54, 1.807) is 0 Å². The van der Waals surface area contributed by atoms with Crippen LogP contribution in [-0.2, 0) is 20.0 Å². The smallest absolute Gasteiger partial charge is 0.193 e. The molecule has 0 atom stereocenters. The van der Waals surface area contributed by atoms with Gasteiger partial charge in [0.2, 0.25) is 0 Å². The van der Waals surface area contributed by atoms with E-state index in [1.807, 2.05) is 38.0 Å². The Balaban J connectivity index is 0.00000288. The van der Waals surface area contributed by atoms with Gasteiger partial charge in [0, 0.05) is 39.6 Å². The molecule has 0 amide bonds. The molecule has 2 rings (SSSR count). The van der Waals surface area contributed by atoms with Crippen molar-refractivity contribution in [3.05, 3.63) is 58.4 Å². The second-order valence-electron chi connectivity index (χ2n) is 5.83. The molecule has 0 aliphatic carbocycles. The highest BCUT2D eigenvalue weighted by Gasteiger charge is 2.09. The van der Waals surface area contributed by atoms with Crippen LogP contribution < -0.4 is 5.32 Å². The van der Waals surface area contributed by atoms with Gasteiger partial charge in [0.1, 0.15) is 0 Å². The number of nitrogens with zero attached hydrogens (tertiary/aromatic N) is 3. The third kappa shape index (κ3) is 6.02. The van der Waals surface area contributed by atoms with Crippen molar-refractivity contribution in [3.8, 4) is 0 Å². The van der Waals surface area contributed by atoms with Gasteiger partial charge in [0.25, 0.3) is 0 Å². The minimum absolute atomic E-state index is 0. The first kappa shape index (κ1) is 20.8. The van der Waals surface area contributed by atoms with E-state index < -0.39 is 0 Å². The number of rotatable bonds is 5. The number of aromatic nitrogens is 1. The fourth-order valence-electron chi connectivity index (χ4n) is 2.50. The zero-order chi connectivity index (χ0) is 16.8. The number of halogens is 2. The van der Waals surface area contributed by atoms with Gasteiger partial charge in [-0.15, -0.1) is 24.0 Å². The molecule has 1 N–H and O–H groups in total. The molecule has 1 aromatic heterocycles. The zero-order valence-corrected chi connectivity index (χ0v) is 17.8. The van der Waals surface area contributed by atoms with Crippen molar-refractivity contribution in [1.29, 1.82) is 0 Å². The summed E-state index contributed by atoms with van der Waals surface area (Å²) in [7, 11) is 5.84. The van der Waals surface area contributed by atoms with Crippen molar-refractivity contribution in [2.45, 2.75) is 19.9 Å². The van der Waals surface area contributed by atoms with E-state index in [-0.39, 0.29) is 24.0 Å². The van der Waals surface area contributed by atoms with Crippen LogP contribution in [0.5, 0.6) is 0 Å². The van der Waals surface area contributed by atoms with E-state index in [1.165, 1.54) is 11.1 Å². The van der Waals surface area contributed by atoms with Crippen LogP contribution in [0.1, 0.15) is 16.8 Å². The zero-order valence-electron chi connectivity index (χ0n) is 14.7. The molecule has 0 fully saturated rings. The molecule has 132 valence electrons. The molecule has 0 aliphatic rings. The van der Waals surface area contributed by atoms with Gasteiger partial charge < -0.3 is 14.8 Å². The largest absolute Gasteiger partial charge is 0.356 e. The molecule has 24 heavy (non-hydrogen) atoms. The predicted octanol–water partition coefficient (Wildman–Crippen LogP) is 3.85. The van der Waals surface area contributed by atoms with Gasteiger partial charge in [-0.3, -0.25) is 4.99 Å². The maximum atomic E-state index is 6.04. The maximum Gasteiger partial charge on any atom is 0.193 e. The number of aryl methyl sites for hydroxylation is 2. The molecular weight excluding hydrogens is 435 g/mol. The summed E-state index contributed by atoms with van der Waals surface area (Å²) in [6.45, 7) is 3.72. The summed E-state index contributed by atoms with van der Waals surface area (Å²) in [5.74, 6) is 0.884. The molecule has 2 aromatic rings. The summed E-state index contributed by atoms with van der Waals surface area (Å²) in [4.78, 5) is 6.45. The van der Waals surface area contributed by atoms with Crippen LogP contribution in [0.2, 0.25) is 5.02 Å². The Hall–Kier alpha value is -1.21. The summed E-state index contributed by atoms with van der Waals surface area (Å²) < 4.78 is 2.04. The summed E-state index contributed by atoms with van der Waals surface area (Å²) >= 11 is 6.04. The molecule has 4 nitrogen and oxygen atoms in total. The summed E-state index contributed by atoms with van der Waals surface area (Å²) in [6.07, 6.45) is 2.89. The molecular formula is C18H26ClIN4. The number of hydrogen-bond donors (Lipinski definition) is 1. The number of hydrogen-bond acceptors (Lipinski definition) is 1. The first-order valence-corrected chi connectivity index (χ1v) is 8.15. The summed E-state index contributed by atoms with van der Waals surface area (Å²) in [6, 6.07) is 10.6. The maximum absolute atomic E-state index is 6.04.